The molecule has 1 fully saturated rings. The average molecular weight is 399 g/mol. The summed E-state index contributed by atoms with van der Waals surface area (Å²) in [7, 11) is 0. The number of nitrogens with zero attached hydrogens (tertiary/aromatic N) is 3. The van der Waals surface area contributed by atoms with Crippen LogP contribution in [0.5, 0.6) is 0 Å². The van der Waals surface area contributed by atoms with E-state index < -0.39 is 0 Å². The molecule has 0 unspecified atom stereocenters. The summed E-state index contributed by atoms with van der Waals surface area (Å²) >= 11 is 1.47. The number of thioether (sulfide) groups is 1. The lowest BCUT2D eigenvalue weighted by Gasteiger charge is -2.31. The van der Waals surface area contributed by atoms with E-state index in [1.807, 2.05) is 12.1 Å². The van der Waals surface area contributed by atoms with Crippen molar-refractivity contribution >= 4 is 23.5 Å². The van der Waals surface area contributed by atoms with Crippen molar-refractivity contribution in [2.75, 3.05) is 23.7 Å². The Balaban J connectivity index is 1.43. The van der Waals surface area contributed by atoms with Gasteiger partial charge in [0.05, 0.1) is 5.75 Å². The summed E-state index contributed by atoms with van der Waals surface area (Å²) in [4.78, 5) is 23.4. The molecule has 0 saturated carbocycles. The molecule has 1 saturated heterocycles. The van der Waals surface area contributed by atoms with Gasteiger partial charge in [-0.3, -0.25) is 4.79 Å². The summed E-state index contributed by atoms with van der Waals surface area (Å²) in [5.74, 6) is 2.10. The van der Waals surface area contributed by atoms with E-state index in [0.717, 1.165) is 36.8 Å². The molecule has 1 aliphatic heterocycles. The first kappa shape index (κ1) is 20.6. The van der Waals surface area contributed by atoms with E-state index in [1.54, 1.807) is 6.33 Å². The van der Waals surface area contributed by atoms with Crippen LogP contribution in [0.2, 0.25) is 0 Å². The van der Waals surface area contributed by atoms with E-state index >= 15 is 0 Å². The van der Waals surface area contributed by atoms with Gasteiger partial charge in [-0.05, 0) is 44.1 Å². The molecule has 2 atom stereocenters. The minimum atomic E-state index is 0.0531. The number of hydrogen-bond donors (Lipinski definition) is 1. The Morgan fingerprint density at radius 3 is 2.93 bits per heavy atom. The highest BCUT2D eigenvalue weighted by Crippen LogP contribution is 2.24. The van der Waals surface area contributed by atoms with Crippen LogP contribution in [0.25, 0.3) is 0 Å². The van der Waals surface area contributed by atoms with Crippen LogP contribution in [0.3, 0.4) is 0 Å². The highest BCUT2D eigenvalue weighted by atomic mass is 32.2. The standard InChI is InChI=1S/C22H30N4OS/c1-17-7-6-12-26(14-17)20-13-22(24-16-23-20)28-15-21(27)25-18(2)10-11-19-8-4-3-5-9-19/h3-5,8-9,13,16-18H,6-7,10-12,14-15H2,1-2H3,(H,25,27)/t17-,18+/m1/s1. The molecule has 1 aromatic carbocycles. The van der Waals surface area contributed by atoms with Crippen LogP contribution in [0.4, 0.5) is 5.82 Å². The predicted octanol–water partition coefficient (Wildman–Crippen LogP) is 3.94. The fourth-order valence-electron chi connectivity index (χ4n) is 3.54. The number of carbonyl (C=O) groups excluding carboxylic acids is 1. The molecular weight excluding hydrogens is 368 g/mol. The first-order chi connectivity index (χ1) is 13.6. The zero-order chi connectivity index (χ0) is 19.8. The zero-order valence-corrected chi connectivity index (χ0v) is 17.6. The van der Waals surface area contributed by atoms with Gasteiger partial charge in [0.15, 0.2) is 0 Å². The number of carbonyl (C=O) groups is 1. The largest absolute Gasteiger partial charge is 0.356 e. The summed E-state index contributed by atoms with van der Waals surface area (Å²) in [6.45, 7) is 6.43. The van der Waals surface area contributed by atoms with Crippen LogP contribution < -0.4 is 10.2 Å². The molecule has 3 rings (SSSR count). The minimum Gasteiger partial charge on any atom is -0.356 e. The summed E-state index contributed by atoms with van der Waals surface area (Å²) < 4.78 is 0. The summed E-state index contributed by atoms with van der Waals surface area (Å²) in [6.07, 6.45) is 6.00. The second-order valence-electron chi connectivity index (χ2n) is 7.69. The molecule has 2 heterocycles. The van der Waals surface area contributed by atoms with Gasteiger partial charge in [0.2, 0.25) is 5.91 Å². The van der Waals surface area contributed by atoms with Crippen molar-refractivity contribution in [2.45, 2.75) is 50.6 Å². The van der Waals surface area contributed by atoms with Crippen LogP contribution in [0.15, 0.2) is 47.8 Å². The predicted molar refractivity (Wildman–Crippen MR) is 116 cm³/mol. The number of anilines is 1. The lowest BCUT2D eigenvalue weighted by molar-refractivity contribution is -0.119. The van der Waals surface area contributed by atoms with Gasteiger partial charge >= 0.3 is 0 Å². The molecule has 0 spiro atoms. The third-order valence-corrected chi connectivity index (χ3v) is 6.00. The zero-order valence-electron chi connectivity index (χ0n) is 16.8. The van der Waals surface area contributed by atoms with Crippen molar-refractivity contribution < 1.29 is 4.79 Å². The molecule has 6 heteroatoms. The highest BCUT2D eigenvalue weighted by Gasteiger charge is 2.18. The molecule has 0 radical (unpaired) electrons. The summed E-state index contributed by atoms with van der Waals surface area (Å²) in [5, 5.41) is 3.95. The van der Waals surface area contributed by atoms with Crippen LogP contribution in [0, 0.1) is 5.92 Å². The van der Waals surface area contributed by atoms with Crippen molar-refractivity contribution in [1.29, 1.82) is 0 Å². The normalized spacial score (nSPS) is 17.9. The van der Waals surface area contributed by atoms with Crippen molar-refractivity contribution in [3.8, 4) is 0 Å². The summed E-state index contributed by atoms with van der Waals surface area (Å²) in [6, 6.07) is 12.5. The molecule has 2 aromatic rings. The molecule has 1 amide bonds. The number of amides is 1. The van der Waals surface area contributed by atoms with Gasteiger partial charge in [0, 0.05) is 25.2 Å². The van der Waals surface area contributed by atoms with E-state index in [2.05, 4.69) is 58.3 Å². The number of nitrogens with one attached hydrogen (secondary N) is 1. The first-order valence-corrected chi connectivity index (χ1v) is 11.1. The fourth-order valence-corrected chi connectivity index (χ4v) is 4.21. The monoisotopic (exact) mass is 398 g/mol. The van der Waals surface area contributed by atoms with Gasteiger partial charge in [0.1, 0.15) is 17.2 Å². The van der Waals surface area contributed by atoms with E-state index in [0.29, 0.717) is 11.7 Å². The van der Waals surface area contributed by atoms with Crippen molar-refractivity contribution in [3.05, 3.63) is 48.3 Å². The molecule has 5 nitrogen and oxygen atoms in total. The van der Waals surface area contributed by atoms with Gasteiger partial charge in [-0.15, -0.1) is 0 Å². The van der Waals surface area contributed by atoms with Gasteiger partial charge in [0.25, 0.3) is 0 Å². The topological polar surface area (TPSA) is 58.1 Å². The number of aromatic nitrogens is 2. The highest BCUT2D eigenvalue weighted by molar-refractivity contribution is 7.99. The molecule has 150 valence electrons. The smallest absolute Gasteiger partial charge is 0.230 e. The maximum atomic E-state index is 12.3. The molecule has 28 heavy (non-hydrogen) atoms. The molecular formula is C22H30N4OS. The number of rotatable bonds is 8. The number of benzene rings is 1. The third-order valence-electron chi connectivity index (χ3n) is 5.08. The van der Waals surface area contributed by atoms with Crippen LogP contribution >= 0.6 is 11.8 Å². The Morgan fingerprint density at radius 2 is 2.14 bits per heavy atom. The number of piperidine rings is 1. The van der Waals surface area contributed by atoms with Crippen LogP contribution in [-0.2, 0) is 11.2 Å². The Morgan fingerprint density at radius 1 is 1.32 bits per heavy atom. The molecule has 0 bridgehead atoms. The summed E-state index contributed by atoms with van der Waals surface area (Å²) in [5.41, 5.74) is 1.30. The van der Waals surface area contributed by atoms with E-state index in [-0.39, 0.29) is 11.9 Å². The second kappa shape index (κ2) is 10.5. The van der Waals surface area contributed by atoms with E-state index in [9.17, 15) is 4.79 Å². The Kier molecular flexibility index (Phi) is 7.71. The van der Waals surface area contributed by atoms with Gasteiger partial charge in [-0.2, -0.15) is 0 Å². The first-order valence-electron chi connectivity index (χ1n) is 10.1. The average Bonchev–Trinajstić information content (AvgIpc) is 2.72. The van der Waals surface area contributed by atoms with Crippen molar-refractivity contribution in [3.63, 3.8) is 0 Å². The van der Waals surface area contributed by atoms with Gasteiger partial charge in [-0.1, -0.05) is 49.0 Å². The van der Waals surface area contributed by atoms with Crippen molar-refractivity contribution in [2.24, 2.45) is 5.92 Å². The van der Waals surface area contributed by atoms with E-state index in [4.69, 9.17) is 0 Å². The van der Waals surface area contributed by atoms with E-state index in [1.165, 1.54) is 30.2 Å². The van der Waals surface area contributed by atoms with Gasteiger partial charge < -0.3 is 10.2 Å². The van der Waals surface area contributed by atoms with Gasteiger partial charge in [-0.25, -0.2) is 9.97 Å². The van der Waals surface area contributed by atoms with Crippen LogP contribution in [-0.4, -0.2) is 40.8 Å². The Labute approximate surface area is 172 Å². The Bertz CT molecular complexity index is 755. The fraction of sp³-hybridized carbons (Fsp3) is 0.500. The maximum absolute atomic E-state index is 12.3. The molecule has 1 N–H and O–H groups in total. The third kappa shape index (κ3) is 6.51. The second-order valence-corrected chi connectivity index (χ2v) is 8.68. The van der Waals surface area contributed by atoms with Crippen LogP contribution in [0.1, 0.15) is 38.7 Å². The lowest BCUT2D eigenvalue weighted by Crippen LogP contribution is -2.35. The van der Waals surface area contributed by atoms with Crippen molar-refractivity contribution in [1.82, 2.24) is 15.3 Å². The molecule has 1 aliphatic rings. The SMILES string of the molecule is C[C@@H]1CCCN(c2cc(SCC(=O)N[C@@H](C)CCc3ccccc3)ncn2)C1. The maximum Gasteiger partial charge on any atom is 0.230 e. The Hall–Kier alpha value is -2.08. The quantitative estimate of drug-likeness (QED) is 0.539. The number of hydrogen-bond acceptors (Lipinski definition) is 5. The number of aryl methyl sites for hydroxylation is 1. The minimum absolute atomic E-state index is 0.0531. The molecule has 1 aromatic heterocycles. The lowest BCUT2D eigenvalue weighted by atomic mass is 10.0. The molecule has 0 aliphatic carbocycles.